The van der Waals surface area contributed by atoms with Crippen molar-refractivity contribution in [1.82, 2.24) is 4.57 Å². The van der Waals surface area contributed by atoms with Crippen molar-refractivity contribution in [2.45, 2.75) is 6.10 Å². The van der Waals surface area contributed by atoms with E-state index in [4.69, 9.17) is 9.47 Å². The number of para-hydroxylation sites is 1. The Balaban J connectivity index is 1.94. The molecule has 19 heavy (non-hydrogen) atoms. The van der Waals surface area contributed by atoms with Gasteiger partial charge in [-0.3, -0.25) is 0 Å². The average molecular weight is 253 g/mol. The summed E-state index contributed by atoms with van der Waals surface area (Å²) >= 11 is 0. The van der Waals surface area contributed by atoms with Gasteiger partial charge in [0.1, 0.15) is 18.5 Å². The maximum atomic E-state index is 5.93. The first-order valence-corrected chi connectivity index (χ1v) is 6.55. The van der Waals surface area contributed by atoms with Crippen LogP contribution in [-0.4, -0.2) is 23.9 Å². The van der Waals surface area contributed by atoms with Crippen molar-refractivity contribution >= 4 is 21.8 Å². The van der Waals surface area contributed by atoms with Crippen LogP contribution < -0.4 is 4.74 Å². The maximum absolute atomic E-state index is 5.93. The molecule has 0 N–H and O–H groups in total. The molecule has 4 rings (SSSR count). The molecule has 1 aromatic heterocycles. The molecule has 1 atom stereocenters. The third kappa shape index (κ3) is 1.70. The Kier molecular flexibility index (Phi) is 2.29. The van der Waals surface area contributed by atoms with E-state index >= 15 is 0 Å². The molecule has 0 aliphatic carbocycles. The Morgan fingerprint density at radius 1 is 1.16 bits per heavy atom. The van der Waals surface area contributed by atoms with E-state index in [0.717, 1.165) is 12.4 Å². The van der Waals surface area contributed by atoms with Crippen molar-refractivity contribution in [3.05, 3.63) is 42.5 Å². The molecular weight excluding hydrogens is 238 g/mol. The summed E-state index contributed by atoms with van der Waals surface area (Å²) in [5.74, 6) is 0.949. The molecule has 96 valence electrons. The molecule has 0 radical (unpaired) electrons. The summed E-state index contributed by atoms with van der Waals surface area (Å²) in [6.07, 6.45) is 0.283. The first kappa shape index (κ1) is 10.9. The van der Waals surface area contributed by atoms with Crippen LogP contribution in [0.3, 0.4) is 0 Å². The second-order valence-electron chi connectivity index (χ2n) is 4.99. The minimum absolute atomic E-state index is 0.283. The third-order valence-corrected chi connectivity index (χ3v) is 3.73. The quantitative estimate of drug-likeness (QED) is 0.670. The monoisotopic (exact) mass is 253 g/mol. The van der Waals surface area contributed by atoms with E-state index in [1.165, 1.54) is 21.8 Å². The van der Waals surface area contributed by atoms with Gasteiger partial charge in [-0.2, -0.15) is 0 Å². The summed E-state index contributed by atoms with van der Waals surface area (Å²) < 4.78 is 13.3. The lowest BCUT2D eigenvalue weighted by atomic mass is 10.1. The third-order valence-electron chi connectivity index (χ3n) is 3.73. The molecule has 1 saturated heterocycles. The Hall–Kier alpha value is -2.00. The lowest BCUT2D eigenvalue weighted by Gasteiger charge is -2.06. The highest BCUT2D eigenvalue weighted by atomic mass is 16.6. The molecule has 0 spiro atoms. The fourth-order valence-corrected chi connectivity index (χ4v) is 2.64. The first-order valence-electron chi connectivity index (χ1n) is 6.55. The largest absolute Gasteiger partial charge is 0.490 e. The first-order chi connectivity index (χ1) is 9.34. The molecule has 1 fully saturated rings. The molecule has 0 bridgehead atoms. The standard InChI is InChI=1S/C16H15NO2/c1-17-13-6-3-2-5-12(13)16-14(17)7-4-8-15(16)19-10-11-9-18-11/h2-8,11H,9-10H2,1H3. The molecule has 1 unspecified atom stereocenters. The molecule has 3 aromatic rings. The molecule has 3 nitrogen and oxygen atoms in total. The predicted octanol–water partition coefficient (Wildman–Crippen LogP) is 3.11. The number of aryl methyl sites for hydroxylation is 1. The second-order valence-corrected chi connectivity index (χ2v) is 4.99. The highest BCUT2D eigenvalue weighted by molar-refractivity contribution is 6.11. The number of epoxide rings is 1. The molecule has 2 aromatic carbocycles. The Morgan fingerprint density at radius 2 is 1.95 bits per heavy atom. The van der Waals surface area contributed by atoms with E-state index in [0.29, 0.717) is 6.61 Å². The summed E-state index contributed by atoms with van der Waals surface area (Å²) in [6, 6.07) is 14.7. The summed E-state index contributed by atoms with van der Waals surface area (Å²) in [7, 11) is 2.10. The van der Waals surface area contributed by atoms with Crippen molar-refractivity contribution in [2.24, 2.45) is 7.05 Å². The zero-order valence-electron chi connectivity index (χ0n) is 10.8. The Bertz CT molecular complexity index is 756. The molecule has 0 amide bonds. The van der Waals surface area contributed by atoms with Gasteiger partial charge in [0.15, 0.2) is 0 Å². The van der Waals surface area contributed by atoms with E-state index in [1.54, 1.807) is 0 Å². The highest BCUT2D eigenvalue weighted by Gasteiger charge is 2.23. The van der Waals surface area contributed by atoms with Gasteiger partial charge in [0, 0.05) is 23.3 Å². The van der Waals surface area contributed by atoms with E-state index < -0.39 is 0 Å². The summed E-state index contributed by atoms with van der Waals surface area (Å²) in [5, 5.41) is 2.44. The van der Waals surface area contributed by atoms with Crippen LogP contribution in [0.15, 0.2) is 42.5 Å². The van der Waals surface area contributed by atoms with Crippen LogP contribution >= 0.6 is 0 Å². The van der Waals surface area contributed by atoms with Crippen LogP contribution in [0.5, 0.6) is 5.75 Å². The minimum atomic E-state index is 0.283. The van der Waals surface area contributed by atoms with Crippen molar-refractivity contribution < 1.29 is 9.47 Å². The van der Waals surface area contributed by atoms with Gasteiger partial charge in [-0.05, 0) is 18.2 Å². The van der Waals surface area contributed by atoms with Crippen molar-refractivity contribution in [3.8, 4) is 5.75 Å². The van der Waals surface area contributed by atoms with Crippen molar-refractivity contribution in [2.75, 3.05) is 13.2 Å². The number of rotatable bonds is 3. The van der Waals surface area contributed by atoms with Gasteiger partial charge < -0.3 is 14.0 Å². The molecule has 2 heterocycles. The van der Waals surface area contributed by atoms with Gasteiger partial charge >= 0.3 is 0 Å². The molecule has 1 aliphatic rings. The zero-order valence-corrected chi connectivity index (χ0v) is 10.8. The number of hydrogen-bond donors (Lipinski definition) is 0. The van der Waals surface area contributed by atoms with Crippen LogP contribution in [0.4, 0.5) is 0 Å². The zero-order chi connectivity index (χ0) is 12.8. The number of benzene rings is 2. The highest BCUT2D eigenvalue weighted by Crippen LogP contribution is 2.35. The van der Waals surface area contributed by atoms with Crippen LogP contribution in [0.25, 0.3) is 21.8 Å². The normalized spacial score (nSPS) is 18.1. The number of nitrogens with zero attached hydrogens (tertiary/aromatic N) is 1. The predicted molar refractivity (Wildman–Crippen MR) is 75.7 cm³/mol. The van der Waals surface area contributed by atoms with Crippen molar-refractivity contribution in [1.29, 1.82) is 0 Å². The average Bonchev–Trinajstić information content (AvgIpc) is 3.24. The number of hydrogen-bond acceptors (Lipinski definition) is 2. The fraction of sp³-hybridized carbons (Fsp3) is 0.250. The maximum Gasteiger partial charge on any atom is 0.129 e. The van der Waals surface area contributed by atoms with E-state index in [9.17, 15) is 0 Å². The van der Waals surface area contributed by atoms with Crippen LogP contribution in [-0.2, 0) is 11.8 Å². The van der Waals surface area contributed by atoms with E-state index in [-0.39, 0.29) is 6.10 Å². The lowest BCUT2D eigenvalue weighted by Crippen LogP contribution is -2.04. The smallest absolute Gasteiger partial charge is 0.129 e. The molecular formula is C16H15NO2. The van der Waals surface area contributed by atoms with Crippen LogP contribution in [0, 0.1) is 0 Å². The van der Waals surface area contributed by atoms with Gasteiger partial charge in [-0.15, -0.1) is 0 Å². The van der Waals surface area contributed by atoms with Crippen LogP contribution in [0.1, 0.15) is 0 Å². The van der Waals surface area contributed by atoms with Crippen molar-refractivity contribution in [3.63, 3.8) is 0 Å². The number of aromatic nitrogens is 1. The SMILES string of the molecule is Cn1c2ccccc2c2c(OCC3CO3)cccc21. The molecule has 1 aliphatic heterocycles. The van der Waals surface area contributed by atoms with E-state index in [2.05, 4.69) is 41.9 Å². The number of fused-ring (bicyclic) bond motifs is 3. The van der Waals surface area contributed by atoms with Gasteiger partial charge in [-0.1, -0.05) is 24.3 Å². The van der Waals surface area contributed by atoms with Crippen LogP contribution in [0.2, 0.25) is 0 Å². The summed E-state index contributed by atoms with van der Waals surface area (Å²) in [6.45, 7) is 1.47. The Labute approximate surface area is 111 Å². The fourth-order valence-electron chi connectivity index (χ4n) is 2.64. The van der Waals surface area contributed by atoms with Gasteiger partial charge in [0.25, 0.3) is 0 Å². The summed E-state index contributed by atoms with van der Waals surface area (Å²) in [4.78, 5) is 0. The molecule has 0 saturated carbocycles. The minimum Gasteiger partial charge on any atom is -0.490 e. The lowest BCUT2D eigenvalue weighted by molar-refractivity contribution is 0.265. The van der Waals surface area contributed by atoms with Gasteiger partial charge in [0.05, 0.1) is 12.1 Å². The second kappa shape index (κ2) is 4.00. The van der Waals surface area contributed by atoms with Gasteiger partial charge in [0.2, 0.25) is 0 Å². The molecule has 3 heteroatoms. The van der Waals surface area contributed by atoms with Gasteiger partial charge in [-0.25, -0.2) is 0 Å². The Morgan fingerprint density at radius 3 is 2.79 bits per heavy atom. The summed E-state index contributed by atoms with van der Waals surface area (Å²) in [5.41, 5.74) is 2.44. The number of ether oxygens (including phenoxy) is 2. The topological polar surface area (TPSA) is 26.7 Å². The van der Waals surface area contributed by atoms with E-state index in [1.807, 2.05) is 12.1 Å².